The van der Waals surface area contributed by atoms with Gasteiger partial charge in [0.2, 0.25) is 10.0 Å². The highest BCUT2D eigenvalue weighted by molar-refractivity contribution is 7.89. The van der Waals surface area contributed by atoms with Crippen molar-refractivity contribution in [3.63, 3.8) is 0 Å². The Morgan fingerprint density at radius 1 is 1.13 bits per heavy atom. The van der Waals surface area contributed by atoms with E-state index in [-0.39, 0.29) is 24.4 Å². The van der Waals surface area contributed by atoms with Crippen LogP contribution in [0.5, 0.6) is 0 Å². The average Bonchev–Trinajstić information content (AvgIpc) is 3.12. The van der Waals surface area contributed by atoms with Crippen molar-refractivity contribution in [1.29, 1.82) is 0 Å². The Morgan fingerprint density at radius 3 is 2.53 bits per heavy atom. The molecule has 0 spiro atoms. The lowest BCUT2D eigenvalue weighted by atomic mass is 10.1. The standard InChI is InChI=1S/C19H18F2N4O3S2/c1-11-17(10-24-30(27,28)14-4-5-15(20)16(21)7-14)23-9-18(25-11)19(26)6-3-13-8-22-12(2)29-13/h4-5,7-9,24H,3,6,10H2,1-2H3. The first-order valence-electron chi connectivity index (χ1n) is 8.87. The fourth-order valence-corrected chi connectivity index (χ4v) is 4.38. The maximum atomic E-state index is 13.3. The van der Waals surface area contributed by atoms with Crippen molar-refractivity contribution in [2.45, 2.75) is 38.1 Å². The van der Waals surface area contributed by atoms with Crippen LogP contribution in [-0.2, 0) is 23.0 Å². The smallest absolute Gasteiger partial charge is 0.241 e. The van der Waals surface area contributed by atoms with Gasteiger partial charge in [-0.25, -0.2) is 31.9 Å². The van der Waals surface area contributed by atoms with Crippen LogP contribution in [0.2, 0.25) is 0 Å². The van der Waals surface area contributed by atoms with E-state index in [9.17, 15) is 22.0 Å². The molecule has 1 N–H and O–H groups in total. The van der Waals surface area contributed by atoms with Gasteiger partial charge in [0.1, 0.15) is 5.69 Å². The van der Waals surface area contributed by atoms with Crippen LogP contribution in [-0.4, -0.2) is 29.2 Å². The Labute approximate surface area is 176 Å². The second-order valence-corrected chi connectivity index (χ2v) is 9.54. The number of thiazole rings is 1. The Bertz CT molecular complexity index is 1200. The lowest BCUT2D eigenvalue weighted by Crippen LogP contribution is -2.25. The van der Waals surface area contributed by atoms with Crippen LogP contribution in [0.3, 0.4) is 0 Å². The SMILES string of the molecule is Cc1ncc(CCC(=O)c2cnc(CNS(=O)(=O)c3ccc(F)c(F)c3)c(C)n2)s1. The molecule has 3 aromatic rings. The molecule has 0 aliphatic carbocycles. The van der Waals surface area contributed by atoms with Crippen molar-refractivity contribution in [3.05, 3.63) is 69.2 Å². The van der Waals surface area contributed by atoms with Crippen LogP contribution < -0.4 is 4.72 Å². The summed E-state index contributed by atoms with van der Waals surface area (Å²) in [7, 11) is -4.07. The number of carbonyl (C=O) groups is 1. The summed E-state index contributed by atoms with van der Waals surface area (Å²) < 4.78 is 53.1. The molecule has 0 aliphatic rings. The molecule has 0 unspecified atom stereocenters. The molecule has 158 valence electrons. The van der Waals surface area contributed by atoms with Crippen molar-refractivity contribution in [2.75, 3.05) is 0 Å². The van der Waals surface area contributed by atoms with E-state index < -0.39 is 26.6 Å². The summed E-state index contributed by atoms with van der Waals surface area (Å²) in [6.07, 6.45) is 3.86. The number of hydrogen-bond donors (Lipinski definition) is 1. The van der Waals surface area contributed by atoms with Gasteiger partial charge in [-0.05, 0) is 38.5 Å². The summed E-state index contributed by atoms with van der Waals surface area (Å²) in [5, 5.41) is 0.934. The number of benzene rings is 1. The van der Waals surface area contributed by atoms with Crippen molar-refractivity contribution >= 4 is 27.1 Å². The van der Waals surface area contributed by atoms with Crippen molar-refractivity contribution in [2.24, 2.45) is 0 Å². The predicted molar refractivity (Wildman–Crippen MR) is 107 cm³/mol. The average molecular weight is 453 g/mol. The minimum absolute atomic E-state index is 0.175. The predicted octanol–water partition coefficient (Wildman–Crippen LogP) is 3.12. The molecule has 2 heterocycles. The molecule has 7 nitrogen and oxygen atoms in total. The van der Waals surface area contributed by atoms with Gasteiger partial charge in [-0.15, -0.1) is 11.3 Å². The number of halogens is 2. The second-order valence-electron chi connectivity index (χ2n) is 6.46. The zero-order valence-corrected chi connectivity index (χ0v) is 17.8. The molecule has 3 rings (SSSR count). The van der Waals surface area contributed by atoms with Gasteiger partial charge >= 0.3 is 0 Å². The maximum absolute atomic E-state index is 13.3. The molecule has 0 radical (unpaired) electrons. The van der Waals surface area contributed by atoms with Crippen molar-refractivity contribution in [1.82, 2.24) is 19.7 Å². The van der Waals surface area contributed by atoms with Crippen LogP contribution in [0.4, 0.5) is 8.78 Å². The first-order chi connectivity index (χ1) is 14.2. The summed E-state index contributed by atoms with van der Waals surface area (Å²) in [6, 6.07) is 2.30. The Hall–Kier alpha value is -2.63. The van der Waals surface area contributed by atoms with Crippen LogP contribution in [0, 0.1) is 25.5 Å². The molecule has 0 fully saturated rings. The zero-order valence-electron chi connectivity index (χ0n) is 16.1. The topological polar surface area (TPSA) is 102 Å². The molecule has 0 aliphatic heterocycles. The molecule has 0 amide bonds. The fourth-order valence-electron chi connectivity index (χ4n) is 2.59. The molecule has 30 heavy (non-hydrogen) atoms. The van der Waals surface area contributed by atoms with Crippen LogP contribution >= 0.6 is 11.3 Å². The first kappa shape index (κ1) is 22.1. The van der Waals surface area contributed by atoms with Gasteiger partial charge in [-0.1, -0.05) is 0 Å². The minimum Gasteiger partial charge on any atom is -0.292 e. The van der Waals surface area contributed by atoms with Crippen LogP contribution in [0.25, 0.3) is 0 Å². The second kappa shape index (κ2) is 9.02. The highest BCUT2D eigenvalue weighted by atomic mass is 32.2. The van der Waals surface area contributed by atoms with E-state index in [0.29, 0.717) is 23.9 Å². The van der Waals surface area contributed by atoms with Gasteiger partial charge in [0.15, 0.2) is 17.4 Å². The number of nitrogens with zero attached hydrogens (tertiary/aromatic N) is 3. The summed E-state index contributed by atoms with van der Waals surface area (Å²) in [6.45, 7) is 3.29. The van der Waals surface area contributed by atoms with Gasteiger partial charge < -0.3 is 0 Å². The van der Waals surface area contributed by atoms with E-state index in [2.05, 4.69) is 19.7 Å². The van der Waals surface area contributed by atoms with Crippen molar-refractivity contribution < 1.29 is 22.0 Å². The molecule has 0 saturated carbocycles. The molecule has 1 aromatic carbocycles. The molecular formula is C19H18F2N4O3S2. The van der Waals surface area contributed by atoms with E-state index >= 15 is 0 Å². The van der Waals surface area contributed by atoms with Gasteiger partial charge in [-0.3, -0.25) is 9.78 Å². The molecule has 11 heteroatoms. The van der Waals surface area contributed by atoms with Crippen molar-refractivity contribution in [3.8, 4) is 0 Å². The number of hydrogen-bond acceptors (Lipinski definition) is 7. The van der Waals surface area contributed by atoms with Gasteiger partial charge in [0.05, 0.1) is 34.0 Å². The highest BCUT2D eigenvalue weighted by Crippen LogP contribution is 2.16. The Morgan fingerprint density at radius 2 is 1.90 bits per heavy atom. The fraction of sp³-hybridized carbons (Fsp3) is 0.263. The number of sulfonamides is 1. The normalized spacial score (nSPS) is 11.6. The van der Waals surface area contributed by atoms with Crippen LogP contribution in [0.1, 0.15) is 38.2 Å². The van der Waals surface area contributed by atoms with Gasteiger partial charge in [0.25, 0.3) is 0 Å². The largest absolute Gasteiger partial charge is 0.292 e. The number of rotatable bonds is 8. The summed E-state index contributed by atoms with van der Waals surface area (Å²) >= 11 is 1.53. The third-order valence-corrected chi connectivity index (χ3v) is 6.60. The maximum Gasteiger partial charge on any atom is 0.241 e. The molecule has 0 bridgehead atoms. The molecule has 2 aromatic heterocycles. The monoisotopic (exact) mass is 452 g/mol. The number of Topliss-reactive ketones (excluding diaryl/α,β-unsaturated/α-hetero) is 1. The molecule has 0 saturated heterocycles. The van der Waals surface area contributed by atoms with E-state index in [1.807, 2.05) is 6.92 Å². The Balaban J connectivity index is 1.64. The lowest BCUT2D eigenvalue weighted by Gasteiger charge is -2.09. The molecular weight excluding hydrogens is 434 g/mol. The van der Waals surface area contributed by atoms with Gasteiger partial charge in [-0.2, -0.15) is 0 Å². The number of aryl methyl sites for hydroxylation is 3. The third kappa shape index (κ3) is 5.29. The quantitative estimate of drug-likeness (QED) is 0.527. The lowest BCUT2D eigenvalue weighted by molar-refractivity contribution is 0.0977. The van der Waals surface area contributed by atoms with Gasteiger partial charge in [0, 0.05) is 17.5 Å². The number of nitrogens with one attached hydrogen (secondary N) is 1. The van der Waals surface area contributed by atoms with E-state index in [0.717, 1.165) is 22.0 Å². The minimum atomic E-state index is -4.07. The van der Waals surface area contributed by atoms with E-state index in [4.69, 9.17) is 0 Å². The Kier molecular flexibility index (Phi) is 6.64. The summed E-state index contributed by atoms with van der Waals surface area (Å²) in [5.74, 6) is -2.57. The third-order valence-electron chi connectivity index (χ3n) is 4.23. The highest BCUT2D eigenvalue weighted by Gasteiger charge is 2.18. The number of aromatic nitrogens is 3. The van der Waals surface area contributed by atoms with E-state index in [1.165, 1.54) is 17.5 Å². The summed E-state index contributed by atoms with van der Waals surface area (Å²) in [5.41, 5.74) is 0.902. The number of carbonyl (C=O) groups excluding carboxylic acids is 1. The first-order valence-corrected chi connectivity index (χ1v) is 11.2. The summed E-state index contributed by atoms with van der Waals surface area (Å²) in [4.78, 5) is 25.5. The molecule has 0 atom stereocenters. The van der Waals surface area contributed by atoms with Crippen LogP contribution in [0.15, 0.2) is 35.5 Å². The van der Waals surface area contributed by atoms with E-state index in [1.54, 1.807) is 13.1 Å². The number of ketones is 1. The zero-order chi connectivity index (χ0) is 21.9.